The number of furan rings is 1. The van der Waals surface area contributed by atoms with Gasteiger partial charge in [0.25, 0.3) is 5.91 Å². The van der Waals surface area contributed by atoms with E-state index >= 15 is 0 Å². The molecule has 1 aromatic heterocycles. The summed E-state index contributed by atoms with van der Waals surface area (Å²) in [4.78, 5) is 29.4. The molecule has 0 bridgehead atoms. The van der Waals surface area contributed by atoms with Crippen molar-refractivity contribution >= 4 is 17.5 Å². The molecular formula is C22H24F3N3O3. The molecule has 1 aromatic carbocycles. The minimum Gasteiger partial charge on any atom is -0.459 e. The van der Waals surface area contributed by atoms with E-state index in [0.29, 0.717) is 24.3 Å². The number of piperazine rings is 1. The highest BCUT2D eigenvalue weighted by Crippen LogP contribution is 2.40. The Morgan fingerprint density at radius 3 is 2.61 bits per heavy atom. The molecule has 31 heavy (non-hydrogen) atoms. The summed E-state index contributed by atoms with van der Waals surface area (Å²) in [5, 5.41) is 2.88. The summed E-state index contributed by atoms with van der Waals surface area (Å²) in [6.45, 7) is 4.76. The van der Waals surface area contributed by atoms with Crippen LogP contribution in [0.2, 0.25) is 0 Å². The second-order valence-corrected chi connectivity index (χ2v) is 8.30. The van der Waals surface area contributed by atoms with Crippen LogP contribution in [0.1, 0.15) is 35.5 Å². The topological polar surface area (TPSA) is 65.8 Å². The Bertz CT molecular complexity index is 972. The molecular weight excluding hydrogens is 411 g/mol. The quantitative estimate of drug-likeness (QED) is 0.803. The summed E-state index contributed by atoms with van der Waals surface area (Å²) < 4.78 is 45.0. The molecule has 1 saturated heterocycles. The maximum atomic E-state index is 13.2. The van der Waals surface area contributed by atoms with Crippen molar-refractivity contribution in [2.45, 2.75) is 38.5 Å². The molecule has 9 heteroatoms. The first-order chi connectivity index (χ1) is 14.6. The van der Waals surface area contributed by atoms with Crippen LogP contribution in [0.4, 0.5) is 18.9 Å². The van der Waals surface area contributed by atoms with E-state index in [2.05, 4.69) is 5.32 Å². The van der Waals surface area contributed by atoms with Gasteiger partial charge in [-0.3, -0.25) is 9.59 Å². The fourth-order valence-corrected chi connectivity index (χ4v) is 4.43. The van der Waals surface area contributed by atoms with Gasteiger partial charge in [0, 0.05) is 31.4 Å². The summed E-state index contributed by atoms with van der Waals surface area (Å²) in [5.41, 5.74) is 0.469. The smallest absolute Gasteiger partial charge is 0.416 e. The van der Waals surface area contributed by atoms with Gasteiger partial charge < -0.3 is 19.5 Å². The number of nitrogens with zero attached hydrogens (tertiary/aromatic N) is 2. The maximum Gasteiger partial charge on any atom is 0.416 e. The van der Waals surface area contributed by atoms with E-state index < -0.39 is 17.7 Å². The van der Waals surface area contributed by atoms with Crippen LogP contribution in [0, 0.1) is 5.92 Å². The zero-order valence-corrected chi connectivity index (χ0v) is 17.3. The summed E-state index contributed by atoms with van der Waals surface area (Å²) in [5.74, 6) is -0.834. The van der Waals surface area contributed by atoms with Gasteiger partial charge in [-0.1, -0.05) is 0 Å². The minimum absolute atomic E-state index is 0.103. The average Bonchev–Trinajstić information content (AvgIpc) is 3.25. The minimum atomic E-state index is -4.45. The number of alkyl halides is 3. The Morgan fingerprint density at radius 1 is 1.19 bits per heavy atom. The number of nitrogens with one attached hydrogen (secondary N) is 1. The van der Waals surface area contributed by atoms with E-state index in [-0.39, 0.29) is 42.6 Å². The van der Waals surface area contributed by atoms with Crippen molar-refractivity contribution < 1.29 is 27.2 Å². The van der Waals surface area contributed by atoms with Crippen LogP contribution in [0.25, 0.3) is 0 Å². The molecule has 2 aliphatic heterocycles. The standard InChI is InChI=1S/C22H24F3N3O3/c1-13(2)26-20(29)16-11-14-10-15(22(23,24)25)5-6-17(14)28-8-7-27(12-18(16)28)21(30)19-4-3-9-31-19/h3-6,9-10,13,16,18H,7-8,11-12H2,1-2H3,(H,26,29)/t16-,18+/m1/s1. The van der Waals surface area contributed by atoms with Gasteiger partial charge >= 0.3 is 6.18 Å². The van der Waals surface area contributed by atoms with Gasteiger partial charge in [0.05, 0.1) is 23.8 Å². The van der Waals surface area contributed by atoms with Gasteiger partial charge in [0.15, 0.2) is 5.76 Å². The lowest BCUT2D eigenvalue weighted by molar-refractivity contribution is -0.137. The number of halogens is 3. The molecule has 1 fully saturated rings. The van der Waals surface area contributed by atoms with Crippen molar-refractivity contribution in [1.29, 1.82) is 0 Å². The predicted octanol–water partition coefficient (Wildman–Crippen LogP) is 3.33. The van der Waals surface area contributed by atoms with Crippen molar-refractivity contribution in [3.63, 3.8) is 0 Å². The summed E-state index contributed by atoms with van der Waals surface area (Å²) in [6, 6.07) is 6.48. The molecule has 0 radical (unpaired) electrons. The third-order valence-corrected chi connectivity index (χ3v) is 5.83. The van der Waals surface area contributed by atoms with Gasteiger partial charge in [0.1, 0.15) is 0 Å². The van der Waals surface area contributed by atoms with Crippen LogP contribution >= 0.6 is 0 Å². The van der Waals surface area contributed by atoms with Crippen LogP contribution in [-0.2, 0) is 17.4 Å². The average molecular weight is 435 g/mol. The third kappa shape index (κ3) is 4.13. The Balaban J connectivity index is 1.67. The number of benzene rings is 1. The first-order valence-corrected chi connectivity index (χ1v) is 10.2. The Labute approximate surface area is 178 Å². The highest BCUT2D eigenvalue weighted by atomic mass is 19.4. The van der Waals surface area contributed by atoms with Crippen LogP contribution < -0.4 is 10.2 Å². The van der Waals surface area contributed by atoms with Crippen molar-refractivity contribution in [2.24, 2.45) is 5.92 Å². The zero-order chi connectivity index (χ0) is 22.3. The van der Waals surface area contributed by atoms with Gasteiger partial charge in [-0.05, 0) is 56.2 Å². The van der Waals surface area contributed by atoms with E-state index in [9.17, 15) is 22.8 Å². The van der Waals surface area contributed by atoms with Crippen molar-refractivity contribution in [3.8, 4) is 0 Å². The number of hydrogen-bond acceptors (Lipinski definition) is 4. The first-order valence-electron chi connectivity index (χ1n) is 10.2. The number of fused-ring (bicyclic) bond motifs is 3. The monoisotopic (exact) mass is 435 g/mol. The number of anilines is 1. The predicted molar refractivity (Wildman–Crippen MR) is 108 cm³/mol. The molecule has 0 aliphatic carbocycles. The lowest BCUT2D eigenvalue weighted by Gasteiger charge is -2.49. The number of carbonyl (C=O) groups excluding carboxylic acids is 2. The fraction of sp³-hybridized carbons (Fsp3) is 0.455. The fourth-order valence-electron chi connectivity index (χ4n) is 4.43. The van der Waals surface area contributed by atoms with Gasteiger partial charge in [-0.15, -0.1) is 0 Å². The molecule has 0 unspecified atom stereocenters. The second-order valence-electron chi connectivity index (χ2n) is 8.30. The largest absolute Gasteiger partial charge is 0.459 e. The van der Waals surface area contributed by atoms with Crippen molar-refractivity contribution in [3.05, 3.63) is 53.5 Å². The van der Waals surface area contributed by atoms with E-state index in [1.165, 1.54) is 12.3 Å². The normalized spacial score (nSPS) is 21.0. The molecule has 0 saturated carbocycles. The Hall–Kier alpha value is -2.97. The van der Waals surface area contributed by atoms with Crippen LogP contribution in [0.5, 0.6) is 0 Å². The Kier molecular flexibility index (Phi) is 5.45. The maximum absolute atomic E-state index is 13.2. The van der Waals surface area contributed by atoms with E-state index in [0.717, 1.165) is 12.1 Å². The number of rotatable bonds is 3. The van der Waals surface area contributed by atoms with Crippen molar-refractivity contribution in [1.82, 2.24) is 10.2 Å². The van der Waals surface area contributed by atoms with Crippen LogP contribution in [-0.4, -0.2) is 48.4 Å². The first kappa shape index (κ1) is 21.3. The van der Waals surface area contributed by atoms with E-state index in [1.54, 1.807) is 17.0 Å². The number of hydrogen-bond donors (Lipinski definition) is 1. The molecule has 2 atom stereocenters. The molecule has 1 N–H and O–H groups in total. The molecule has 3 heterocycles. The van der Waals surface area contributed by atoms with E-state index in [4.69, 9.17) is 4.42 Å². The molecule has 2 aliphatic rings. The second kappa shape index (κ2) is 7.94. The van der Waals surface area contributed by atoms with Crippen LogP contribution in [0.15, 0.2) is 41.0 Å². The highest BCUT2D eigenvalue weighted by molar-refractivity contribution is 5.92. The van der Waals surface area contributed by atoms with Gasteiger partial charge in [-0.25, -0.2) is 0 Å². The molecule has 6 nitrogen and oxygen atoms in total. The molecule has 2 amide bonds. The molecule has 2 aromatic rings. The highest BCUT2D eigenvalue weighted by Gasteiger charge is 2.43. The third-order valence-electron chi connectivity index (χ3n) is 5.83. The zero-order valence-electron chi connectivity index (χ0n) is 17.3. The summed E-state index contributed by atoms with van der Waals surface area (Å²) in [6.07, 6.45) is -2.84. The van der Waals surface area contributed by atoms with Gasteiger partial charge in [0.2, 0.25) is 5.91 Å². The summed E-state index contributed by atoms with van der Waals surface area (Å²) in [7, 11) is 0. The van der Waals surface area contributed by atoms with E-state index in [1.807, 2.05) is 18.7 Å². The molecule has 0 spiro atoms. The van der Waals surface area contributed by atoms with Crippen molar-refractivity contribution in [2.75, 3.05) is 24.5 Å². The summed E-state index contributed by atoms with van der Waals surface area (Å²) >= 11 is 0. The number of carbonyl (C=O) groups is 2. The molecule has 166 valence electrons. The lowest BCUT2D eigenvalue weighted by Crippen LogP contribution is -2.62. The number of amides is 2. The molecule has 4 rings (SSSR count). The Morgan fingerprint density at radius 2 is 1.97 bits per heavy atom. The van der Waals surface area contributed by atoms with Gasteiger partial charge in [-0.2, -0.15) is 13.2 Å². The van der Waals surface area contributed by atoms with Crippen LogP contribution in [0.3, 0.4) is 0 Å². The lowest BCUT2D eigenvalue weighted by atomic mass is 9.82. The SMILES string of the molecule is CC(C)NC(=O)[C@@H]1Cc2cc(C(F)(F)F)ccc2N2CCN(C(=O)c3ccco3)C[C@@H]12.